The Morgan fingerprint density at radius 3 is 2.70 bits per heavy atom. The summed E-state index contributed by atoms with van der Waals surface area (Å²) in [7, 11) is 0. The Hall–Kier alpha value is -1.36. The molecule has 1 N–H and O–H groups in total. The first-order valence-electron chi connectivity index (χ1n) is 6.63. The van der Waals surface area contributed by atoms with Crippen LogP contribution in [-0.4, -0.2) is 24.8 Å². The van der Waals surface area contributed by atoms with Crippen molar-refractivity contribution in [3.63, 3.8) is 0 Å². The Bertz CT molecular complexity index is 474. The Labute approximate surface area is 128 Å². The number of halogens is 1. The quantitative estimate of drug-likeness (QED) is 0.775. The van der Waals surface area contributed by atoms with Gasteiger partial charge in [0.15, 0.2) is 12.4 Å². The van der Waals surface area contributed by atoms with Gasteiger partial charge in [-0.2, -0.15) is 0 Å². The minimum absolute atomic E-state index is 0.182. The summed E-state index contributed by atoms with van der Waals surface area (Å²) >= 11 is 3.32. The van der Waals surface area contributed by atoms with Gasteiger partial charge in [0.05, 0.1) is 10.0 Å². The largest absolute Gasteiger partial charge is 0.479 e. The second kappa shape index (κ2) is 8.04. The lowest BCUT2D eigenvalue weighted by Gasteiger charge is -2.17. The maximum absolute atomic E-state index is 11.9. The second-order valence-electron chi connectivity index (χ2n) is 5.01. The number of para-hydroxylation sites is 1. The van der Waals surface area contributed by atoms with Gasteiger partial charge in [0.25, 0.3) is 5.91 Å². The van der Waals surface area contributed by atoms with Gasteiger partial charge < -0.3 is 10.1 Å². The van der Waals surface area contributed by atoms with Crippen LogP contribution in [0.25, 0.3) is 0 Å². The van der Waals surface area contributed by atoms with Crippen LogP contribution < -0.4 is 10.1 Å². The van der Waals surface area contributed by atoms with Crippen LogP contribution in [0.5, 0.6) is 5.75 Å². The highest BCUT2D eigenvalue weighted by Crippen LogP contribution is 2.28. The number of hydrogen-bond acceptors (Lipinski definition) is 3. The number of carbonyl (C=O) groups excluding carboxylic acids is 2. The van der Waals surface area contributed by atoms with Crippen molar-refractivity contribution in [1.29, 1.82) is 0 Å². The maximum Gasteiger partial charge on any atom is 0.260 e. The number of rotatable bonds is 7. The van der Waals surface area contributed by atoms with Crippen LogP contribution in [0.2, 0.25) is 0 Å². The van der Waals surface area contributed by atoms with E-state index in [1.165, 1.54) is 0 Å². The molecule has 0 saturated heterocycles. The Morgan fingerprint density at radius 2 is 2.10 bits per heavy atom. The van der Waals surface area contributed by atoms with Crippen LogP contribution >= 0.6 is 15.9 Å². The number of ether oxygens (including phenoxy) is 1. The van der Waals surface area contributed by atoms with E-state index in [1.807, 2.05) is 0 Å². The average Bonchev–Trinajstić information content (AvgIpc) is 2.40. The first-order valence-corrected chi connectivity index (χ1v) is 7.43. The van der Waals surface area contributed by atoms with Crippen molar-refractivity contribution in [1.82, 2.24) is 5.32 Å². The summed E-state index contributed by atoms with van der Waals surface area (Å²) in [4.78, 5) is 22.9. The van der Waals surface area contributed by atoms with Gasteiger partial charge in [-0.3, -0.25) is 9.59 Å². The van der Waals surface area contributed by atoms with Gasteiger partial charge >= 0.3 is 0 Å². The summed E-state index contributed by atoms with van der Waals surface area (Å²) in [5, 5.41) is 2.82. The molecule has 0 spiro atoms. The molecule has 1 aromatic carbocycles. The Kier molecular flexibility index (Phi) is 6.71. The summed E-state index contributed by atoms with van der Waals surface area (Å²) in [6.45, 7) is 6.49. The first-order chi connectivity index (χ1) is 9.45. The predicted octanol–water partition coefficient (Wildman–Crippen LogP) is 3.19. The highest BCUT2D eigenvalue weighted by Gasteiger charge is 2.17. The van der Waals surface area contributed by atoms with E-state index in [-0.39, 0.29) is 5.91 Å². The third-order valence-electron chi connectivity index (χ3n) is 2.81. The molecule has 1 aromatic rings. The third kappa shape index (κ3) is 4.96. The van der Waals surface area contributed by atoms with Crippen LogP contribution in [0.1, 0.15) is 37.6 Å². The van der Waals surface area contributed by atoms with Gasteiger partial charge in [-0.1, -0.05) is 19.9 Å². The Balaban J connectivity index is 2.64. The fraction of sp³-hybridized carbons (Fsp3) is 0.467. The summed E-state index contributed by atoms with van der Waals surface area (Å²) in [6.07, 6.45) is 0.982. The smallest absolute Gasteiger partial charge is 0.260 e. The third-order valence-corrected chi connectivity index (χ3v) is 3.43. The highest BCUT2D eigenvalue weighted by molar-refractivity contribution is 9.10. The zero-order chi connectivity index (χ0) is 15.1. The molecule has 0 aliphatic rings. The lowest BCUT2D eigenvalue weighted by Crippen LogP contribution is -2.37. The molecule has 110 valence electrons. The van der Waals surface area contributed by atoms with Gasteiger partial charge in [-0.05, 0) is 47.3 Å². The van der Waals surface area contributed by atoms with Gasteiger partial charge in [0.1, 0.15) is 5.75 Å². The van der Waals surface area contributed by atoms with E-state index >= 15 is 0 Å². The van der Waals surface area contributed by atoms with Crippen molar-refractivity contribution in [3.05, 3.63) is 28.2 Å². The molecule has 0 bridgehead atoms. The van der Waals surface area contributed by atoms with Crippen LogP contribution in [0, 0.1) is 5.92 Å². The zero-order valence-corrected chi connectivity index (χ0v) is 13.6. The molecule has 1 amide bonds. The summed E-state index contributed by atoms with van der Waals surface area (Å²) < 4.78 is 6.25. The van der Waals surface area contributed by atoms with E-state index in [9.17, 15) is 9.59 Å². The second-order valence-corrected chi connectivity index (χ2v) is 5.86. The van der Waals surface area contributed by atoms with E-state index in [1.54, 1.807) is 25.1 Å². The van der Waals surface area contributed by atoms with Gasteiger partial charge in [0.2, 0.25) is 0 Å². The lowest BCUT2D eigenvalue weighted by molar-refractivity contribution is -0.127. The fourth-order valence-electron chi connectivity index (χ4n) is 1.60. The van der Waals surface area contributed by atoms with Crippen molar-refractivity contribution in [3.8, 4) is 5.75 Å². The fourth-order valence-corrected chi connectivity index (χ4v) is 2.08. The molecule has 1 unspecified atom stereocenters. The normalized spacial score (nSPS) is 12.1. The molecular formula is C15H20BrNO3. The SMILES string of the molecule is CC(C)CCNC(=O)C(C)Oc1c(Br)cccc1C=O. The molecule has 0 saturated carbocycles. The van der Waals surface area contributed by atoms with Crippen molar-refractivity contribution in [2.75, 3.05) is 6.54 Å². The number of nitrogens with one attached hydrogen (secondary N) is 1. The maximum atomic E-state index is 11.9. The molecule has 0 aliphatic heterocycles. The van der Waals surface area contributed by atoms with Crippen LogP contribution in [0.15, 0.2) is 22.7 Å². The first kappa shape index (κ1) is 16.7. The summed E-state index contributed by atoms with van der Waals surface area (Å²) in [6, 6.07) is 5.16. The number of carbonyl (C=O) groups is 2. The number of aldehydes is 1. The zero-order valence-electron chi connectivity index (χ0n) is 12.0. The van der Waals surface area contributed by atoms with Crippen molar-refractivity contribution in [2.24, 2.45) is 5.92 Å². The molecule has 0 aliphatic carbocycles. The van der Waals surface area contributed by atoms with Gasteiger partial charge in [-0.25, -0.2) is 0 Å². The van der Waals surface area contributed by atoms with E-state index in [2.05, 4.69) is 35.1 Å². The molecule has 0 radical (unpaired) electrons. The summed E-state index contributed by atoms with van der Waals surface area (Å²) in [5.41, 5.74) is 0.418. The van der Waals surface area contributed by atoms with E-state index in [0.29, 0.717) is 34.5 Å². The number of benzene rings is 1. The van der Waals surface area contributed by atoms with Crippen LogP contribution in [0.3, 0.4) is 0 Å². The molecule has 0 heterocycles. The molecule has 0 fully saturated rings. The molecule has 1 atom stereocenters. The minimum atomic E-state index is -0.653. The van der Waals surface area contributed by atoms with Gasteiger partial charge in [0, 0.05) is 6.54 Å². The highest BCUT2D eigenvalue weighted by atomic mass is 79.9. The molecule has 0 aromatic heterocycles. The minimum Gasteiger partial charge on any atom is -0.479 e. The summed E-state index contributed by atoms with van der Waals surface area (Å²) in [5.74, 6) is 0.753. The standard InChI is InChI=1S/C15H20BrNO3/c1-10(2)7-8-17-15(19)11(3)20-14-12(9-18)5-4-6-13(14)16/h4-6,9-11H,7-8H2,1-3H3,(H,17,19). The molecule has 20 heavy (non-hydrogen) atoms. The predicted molar refractivity (Wildman–Crippen MR) is 82.1 cm³/mol. The van der Waals surface area contributed by atoms with Crippen LogP contribution in [-0.2, 0) is 4.79 Å². The van der Waals surface area contributed by atoms with Gasteiger partial charge in [-0.15, -0.1) is 0 Å². The molecule has 5 heteroatoms. The topological polar surface area (TPSA) is 55.4 Å². The lowest BCUT2D eigenvalue weighted by atomic mass is 10.1. The Morgan fingerprint density at radius 1 is 1.40 bits per heavy atom. The van der Waals surface area contributed by atoms with Crippen LogP contribution in [0.4, 0.5) is 0 Å². The molecule has 1 rings (SSSR count). The van der Waals surface area contributed by atoms with E-state index < -0.39 is 6.10 Å². The average molecular weight is 342 g/mol. The molecule has 4 nitrogen and oxygen atoms in total. The monoisotopic (exact) mass is 341 g/mol. The van der Waals surface area contributed by atoms with E-state index in [0.717, 1.165) is 6.42 Å². The van der Waals surface area contributed by atoms with Crippen molar-refractivity contribution >= 4 is 28.1 Å². The number of hydrogen-bond donors (Lipinski definition) is 1. The number of amides is 1. The van der Waals surface area contributed by atoms with Crippen molar-refractivity contribution in [2.45, 2.75) is 33.3 Å². The van der Waals surface area contributed by atoms with Crippen molar-refractivity contribution < 1.29 is 14.3 Å². The van der Waals surface area contributed by atoms with E-state index in [4.69, 9.17) is 4.74 Å². The molecular weight excluding hydrogens is 322 g/mol.